The molecule has 2 aliphatic heterocycles. The molecule has 0 bridgehead atoms. The van der Waals surface area contributed by atoms with Crippen molar-refractivity contribution in [2.24, 2.45) is 0 Å². The minimum atomic E-state index is -0.692. The summed E-state index contributed by atoms with van der Waals surface area (Å²) in [6.45, 7) is 18.4. The van der Waals surface area contributed by atoms with Gasteiger partial charge in [-0.05, 0) is 186 Å². The monoisotopic (exact) mass is 1090 g/mol. The molecule has 0 amide bonds. The maximum atomic E-state index is 2.65. The minimum absolute atomic E-state index is 0.0278. The zero-order valence-corrected chi connectivity index (χ0v) is 49.7. The Labute approximate surface area is 501 Å². The molecule has 0 fully saturated rings. The van der Waals surface area contributed by atoms with E-state index >= 15 is 0 Å². The lowest BCUT2D eigenvalue weighted by molar-refractivity contribution is 0.590. The van der Waals surface area contributed by atoms with Crippen LogP contribution in [0.25, 0.3) is 44.2 Å². The van der Waals surface area contributed by atoms with E-state index < -0.39 is 5.41 Å². The van der Waals surface area contributed by atoms with Crippen LogP contribution in [-0.2, 0) is 16.2 Å². The standard InChI is InChI=1S/C81H66BN3/c1-51-45-75-78-76(46-51)84(56-28-13-10-14-29-56)74-49-66-63(48-69(74)82(78)68-47-55(80(6,7)8)41-44-72(68)83(75)57-42-39-54(40-43-57)79(3,4)5)59-31-18-21-35-64(59)81(66)65-36-22-19-34-62(65)77-61-33-17-16-32-60(61)73(50-67(77)81)85(70-37-23-15-25-52(70)2)71-38-24-20-30-58(71)53-26-11-9-12-27-53/h9-50H,1-8H3. The fraction of sp³-hybridized carbons (Fsp3) is 0.136. The lowest BCUT2D eigenvalue weighted by Gasteiger charge is -2.45. The first-order valence-corrected chi connectivity index (χ1v) is 30.3. The van der Waals surface area contributed by atoms with Gasteiger partial charge in [0.1, 0.15) is 0 Å². The van der Waals surface area contributed by atoms with Gasteiger partial charge in [0.15, 0.2) is 0 Å². The summed E-state index contributed by atoms with van der Waals surface area (Å²) in [7, 11) is 0. The summed E-state index contributed by atoms with van der Waals surface area (Å²) in [5.74, 6) is 0. The van der Waals surface area contributed by atoms with Gasteiger partial charge in [0.25, 0.3) is 6.71 Å². The molecule has 16 rings (SSSR count). The van der Waals surface area contributed by atoms with Crippen molar-refractivity contribution in [1.29, 1.82) is 0 Å². The summed E-state index contributed by atoms with van der Waals surface area (Å²) in [6, 6.07) is 97.4. The molecule has 0 saturated carbocycles. The number of nitrogens with zero attached hydrogens (tertiary/aromatic N) is 3. The first kappa shape index (κ1) is 51.0. The van der Waals surface area contributed by atoms with Crippen molar-refractivity contribution in [3.8, 4) is 33.4 Å². The number of anilines is 9. The molecular formula is C81H66BN3. The van der Waals surface area contributed by atoms with Gasteiger partial charge in [-0.3, -0.25) is 0 Å². The number of hydrogen-bond donors (Lipinski definition) is 0. The summed E-state index contributed by atoms with van der Waals surface area (Å²) in [6.07, 6.45) is 0. The SMILES string of the molecule is Cc1cc2c3c(c1)N(c1ccccc1)c1cc4c(cc1B3c1cc(C(C)(C)C)ccc1N2c1ccc(C(C)(C)C)cc1)-c1ccccc1C41c2ccccc2-c2c1cc(N(c1ccccc1C)c1ccccc1-c1ccccc1)c1ccccc21. The molecule has 4 aliphatic rings. The van der Waals surface area contributed by atoms with Gasteiger partial charge in [-0.25, -0.2) is 0 Å². The van der Waals surface area contributed by atoms with E-state index in [0.29, 0.717) is 0 Å². The zero-order chi connectivity index (χ0) is 57.7. The summed E-state index contributed by atoms with van der Waals surface area (Å²) in [4.78, 5) is 7.74. The van der Waals surface area contributed by atoms with Crippen LogP contribution < -0.4 is 31.1 Å². The van der Waals surface area contributed by atoms with Gasteiger partial charge in [0.05, 0.1) is 16.8 Å². The lowest BCUT2D eigenvalue weighted by atomic mass is 9.33. The molecule has 0 N–H and O–H groups in total. The Bertz CT molecular complexity index is 4720. The fourth-order valence-electron chi connectivity index (χ4n) is 15.2. The molecule has 2 aliphatic carbocycles. The number of benzene rings is 12. The summed E-state index contributed by atoms with van der Waals surface area (Å²) in [5, 5.41) is 2.45. The van der Waals surface area contributed by atoms with E-state index in [9.17, 15) is 0 Å². The topological polar surface area (TPSA) is 9.72 Å². The van der Waals surface area contributed by atoms with E-state index in [1.807, 2.05) is 0 Å². The quantitative estimate of drug-likeness (QED) is 0.154. The molecule has 1 unspecified atom stereocenters. The number of para-hydroxylation sites is 3. The van der Waals surface area contributed by atoms with Crippen molar-refractivity contribution in [3.63, 3.8) is 0 Å². The Balaban J connectivity index is 1.01. The lowest BCUT2D eigenvalue weighted by Crippen LogP contribution is -2.61. The van der Waals surface area contributed by atoms with E-state index in [4.69, 9.17) is 0 Å². The average molecular weight is 1090 g/mol. The van der Waals surface area contributed by atoms with Crippen LogP contribution in [-0.4, -0.2) is 6.71 Å². The van der Waals surface area contributed by atoms with Crippen molar-refractivity contribution in [3.05, 3.63) is 299 Å². The van der Waals surface area contributed by atoms with E-state index in [2.05, 4.69) is 325 Å². The normalized spacial score (nSPS) is 15.0. The average Bonchev–Trinajstić information content (AvgIpc) is 1.60. The van der Waals surface area contributed by atoms with Gasteiger partial charge in [-0.2, -0.15) is 0 Å². The van der Waals surface area contributed by atoms with E-state index in [-0.39, 0.29) is 17.5 Å². The summed E-state index contributed by atoms with van der Waals surface area (Å²) in [5.41, 5.74) is 31.7. The molecule has 3 nitrogen and oxygen atoms in total. The van der Waals surface area contributed by atoms with Crippen LogP contribution in [0.4, 0.5) is 51.2 Å². The van der Waals surface area contributed by atoms with Gasteiger partial charge in [0, 0.05) is 50.8 Å². The molecule has 0 radical (unpaired) electrons. The van der Waals surface area contributed by atoms with Crippen LogP contribution in [0, 0.1) is 13.8 Å². The van der Waals surface area contributed by atoms with Crippen molar-refractivity contribution in [2.45, 2.75) is 71.6 Å². The Hall–Kier alpha value is -9.64. The molecule has 2 heterocycles. The van der Waals surface area contributed by atoms with Gasteiger partial charge in [0.2, 0.25) is 0 Å². The highest BCUT2D eigenvalue weighted by Gasteiger charge is 2.54. The smallest absolute Gasteiger partial charge is 0.252 e. The van der Waals surface area contributed by atoms with Crippen LogP contribution in [0.5, 0.6) is 0 Å². The second-order valence-electron chi connectivity index (χ2n) is 26.1. The van der Waals surface area contributed by atoms with Crippen molar-refractivity contribution < 1.29 is 0 Å². The largest absolute Gasteiger partial charge is 0.311 e. The predicted molar refractivity (Wildman–Crippen MR) is 361 cm³/mol. The molecule has 408 valence electrons. The van der Waals surface area contributed by atoms with Crippen molar-refractivity contribution in [2.75, 3.05) is 14.7 Å². The molecule has 1 spiro atoms. The Morgan fingerprint density at radius 3 is 1.60 bits per heavy atom. The number of aryl methyl sites for hydroxylation is 2. The van der Waals surface area contributed by atoms with Gasteiger partial charge in [-0.1, -0.05) is 230 Å². The van der Waals surface area contributed by atoms with E-state index in [1.54, 1.807) is 0 Å². The third-order valence-corrected chi connectivity index (χ3v) is 19.1. The third kappa shape index (κ3) is 7.47. The maximum Gasteiger partial charge on any atom is 0.252 e. The maximum absolute atomic E-state index is 2.65. The van der Waals surface area contributed by atoms with Gasteiger partial charge in [-0.15, -0.1) is 0 Å². The van der Waals surface area contributed by atoms with Crippen LogP contribution >= 0.6 is 0 Å². The number of fused-ring (bicyclic) bond motifs is 16. The van der Waals surface area contributed by atoms with Gasteiger partial charge >= 0.3 is 0 Å². The molecule has 1 atom stereocenters. The molecule has 0 saturated heterocycles. The van der Waals surface area contributed by atoms with Gasteiger partial charge < -0.3 is 14.7 Å². The number of rotatable bonds is 6. The Morgan fingerprint density at radius 1 is 0.365 bits per heavy atom. The van der Waals surface area contributed by atoms with Crippen molar-refractivity contribution in [1.82, 2.24) is 0 Å². The van der Waals surface area contributed by atoms with E-state index in [1.165, 1.54) is 133 Å². The summed E-state index contributed by atoms with van der Waals surface area (Å²) < 4.78 is 0. The van der Waals surface area contributed by atoms with Crippen LogP contribution in [0.1, 0.15) is 86.1 Å². The van der Waals surface area contributed by atoms with Crippen LogP contribution in [0.2, 0.25) is 0 Å². The molecule has 0 aromatic heterocycles. The second kappa shape index (κ2) is 18.7. The number of hydrogen-bond acceptors (Lipinski definition) is 3. The zero-order valence-electron chi connectivity index (χ0n) is 49.7. The Kier molecular flexibility index (Phi) is 11.2. The molecule has 85 heavy (non-hydrogen) atoms. The molecule has 12 aromatic carbocycles. The highest BCUT2D eigenvalue weighted by Crippen LogP contribution is 2.66. The molecular weight excluding hydrogens is 1030 g/mol. The predicted octanol–water partition coefficient (Wildman–Crippen LogP) is 19.6. The molecule has 4 heteroatoms. The first-order chi connectivity index (χ1) is 41.3. The van der Waals surface area contributed by atoms with Crippen LogP contribution in [0.15, 0.2) is 255 Å². The fourth-order valence-corrected chi connectivity index (χ4v) is 15.2. The highest BCUT2D eigenvalue weighted by molar-refractivity contribution is 7.00. The summed E-state index contributed by atoms with van der Waals surface area (Å²) >= 11 is 0. The Morgan fingerprint density at radius 2 is 0.906 bits per heavy atom. The van der Waals surface area contributed by atoms with E-state index in [0.717, 1.165) is 22.7 Å². The minimum Gasteiger partial charge on any atom is -0.311 e. The second-order valence-corrected chi connectivity index (χ2v) is 26.1. The highest BCUT2D eigenvalue weighted by atomic mass is 15.2. The molecule has 12 aromatic rings. The third-order valence-electron chi connectivity index (χ3n) is 19.1. The first-order valence-electron chi connectivity index (χ1n) is 30.3. The van der Waals surface area contributed by atoms with Crippen molar-refractivity contribution >= 4 is 85.1 Å². The van der Waals surface area contributed by atoms with Crippen LogP contribution in [0.3, 0.4) is 0 Å².